The molecule has 32 heavy (non-hydrogen) atoms. The highest BCUT2D eigenvalue weighted by Gasteiger charge is 2.52. The molecule has 2 aliphatic rings. The Morgan fingerprint density at radius 3 is 2.91 bits per heavy atom. The maximum Gasteiger partial charge on any atom is 0.258 e. The van der Waals surface area contributed by atoms with Crippen LogP contribution in [0.5, 0.6) is 5.75 Å². The molecule has 180 valence electrons. The van der Waals surface area contributed by atoms with E-state index in [4.69, 9.17) is 15.6 Å². The van der Waals surface area contributed by atoms with Crippen LogP contribution in [0.4, 0.5) is 0 Å². The molecule has 0 saturated heterocycles. The van der Waals surface area contributed by atoms with Crippen LogP contribution in [-0.4, -0.2) is 47.5 Å². The minimum Gasteiger partial charge on any atom is -0.483 e. The third-order valence-electron chi connectivity index (χ3n) is 7.60. The summed E-state index contributed by atoms with van der Waals surface area (Å²) in [5.41, 5.74) is 8.80. The Kier molecular flexibility index (Phi) is 8.97. The third-order valence-corrected chi connectivity index (χ3v) is 7.60. The summed E-state index contributed by atoms with van der Waals surface area (Å²) < 4.78 is 5.82. The van der Waals surface area contributed by atoms with Crippen molar-refractivity contribution in [3.8, 4) is 5.75 Å². The Bertz CT molecular complexity index is 755. The molecule has 5 atom stereocenters. The highest BCUT2D eigenvalue weighted by atomic mass is 16.5. The first-order valence-electron chi connectivity index (χ1n) is 12.5. The van der Waals surface area contributed by atoms with Crippen LogP contribution < -0.4 is 15.8 Å². The Balaban J connectivity index is 1.65. The fourth-order valence-corrected chi connectivity index (χ4v) is 5.80. The number of unbranched alkanes of at least 4 members (excludes halogenated alkanes) is 2. The number of aliphatic hydroxyl groups is 2. The van der Waals surface area contributed by atoms with Gasteiger partial charge in [0.2, 0.25) is 0 Å². The molecule has 1 saturated carbocycles. The highest BCUT2D eigenvalue weighted by molar-refractivity contribution is 5.77. The lowest BCUT2D eigenvalue weighted by Gasteiger charge is -2.40. The molecule has 1 amide bonds. The van der Waals surface area contributed by atoms with Gasteiger partial charge in [-0.3, -0.25) is 4.79 Å². The molecular formula is C26H42N2O4. The van der Waals surface area contributed by atoms with E-state index in [1.165, 1.54) is 31.2 Å². The number of nitrogens with one attached hydrogen (secondary N) is 1. The zero-order chi connectivity index (χ0) is 23.1. The molecule has 1 aromatic rings. The van der Waals surface area contributed by atoms with E-state index in [2.05, 4.69) is 25.2 Å². The van der Waals surface area contributed by atoms with Gasteiger partial charge in [-0.15, -0.1) is 0 Å². The van der Waals surface area contributed by atoms with Crippen molar-refractivity contribution in [1.29, 1.82) is 0 Å². The number of ether oxygens (including phenoxy) is 1. The minimum absolute atomic E-state index is 0.0847. The first kappa shape index (κ1) is 25.0. The van der Waals surface area contributed by atoms with E-state index < -0.39 is 5.54 Å². The highest BCUT2D eigenvalue weighted by Crippen LogP contribution is 2.49. The van der Waals surface area contributed by atoms with Crippen LogP contribution in [0.25, 0.3) is 0 Å². The maximum atomic E-state index is 11.9. The minimum atomic E-state index is -0.429. The molecule has 0 heterocycles. The fraction of sp³-hybridized carbons (Fsp3) is 0.731. The van der Waals surface area contributed by atoms with E-state index in [-0.39, 0.29) is 43.6 Å². The fourth-order valence-electron chi connectivity index (χ4n) is 5.80. The van der Waals surface area contributed by atoms with Gasteiger partial charge in [0, 0.05) is 12.1 Å². The van der Waals surface area contributed by atoms with Gasteiger partial charge in [0.15, 0.2) is 6.61 Å². The third kappa shape index (κ3) is 6.03. The zero-order valence-electron chi connectivity index (χ0n) is 19.8. The summed E-state index contributed by atoms with van der Waals surface area (Å²) in [5, 5.41) is 22.4. The summed E-state index contributed by atoms with van der Waals surface area (Å²) >= 11 is 0. The smallest absolute Gasteiger partial charge is 0.258 e. The number of amides is 1. The zero-order valence-corrected chi connectivity index (χ0v) is 19.8. The monoisotopic (exact) mass is 446 g/mol. The number of hydrogen-bond acceptors (Lipinski definition) is 5. The van der Waals surface area contributed by atoms with Crippen molar-refractivity contribution >= 4 is 5.91 Å². The summed E-state index contributed by atoms with van der Waals surface area (Å²) in [6.45, 7) is 4.62. The molecule has 3 rings (SSSR count). The van der Waals surface area contributed by atoms with Crippen LogP contribution in [0.2, 0.25) is 0 Å². The largest absolute Gasteiger partial charge is 0.483 e. The number of nitrogens with two attached hydrogens (primary N) is 1. The SMILES string of the molecule is CCCCC[C@H](C)CC[C@H]1[C@H](O)C[C@]2(N)Cc3c(cccc3OCC(=O)NCCO)C[C@H]12. The second-order valence-corrected chi connectivity index (χ2v) is 10.1. The van der Waals surface area contributed by atoms with Crippen molar-refractivity contribution < 1.29 is 19.7 Å². The number of carbonyl (C=O) groups is 1. The van der Waals surface area contributed by atoms with Crippen LogP contribution in [0, 0.1) is 17.8 Å². The van der Waals surface area contributed by atoms with Gasteiger partial charge in [0.1, 0.15) is 5.75 Å². The van der Waals surface area contributed by atoms with Gasteiger partial charge >= 0.3 is 0 Å². The Hall–Kier alpha value is -1.63. The van der Waals surface area contributed by atoms with Gasteiger partial charge in [0.25, 0.3) is 5.91 Å². The summed E-state index contributed by atoms with van der Waals surface area (Å²) in [4.78, 5) is 11.9. The van der Waals surface area contributed by atoms with Crippen molar-refractivity contribution in [3.63, 3.8) is 0 Å². The molecule has 6 heteroatoms. The molecule has 0 radical (unpaired) electrons. The molecule has 0 unspecified atom stereocenters. The van der Waals surface area contributed by atoms with Crippen molar-refractivity contribution in [2.45, 2.75) is 83.3 Å². The standard InChI is InChI=1S/C26H42N2O4/c1-3-4-5-7-18(2)10-11-20-22-14-19-8-6-9-24(32-17-25(31)28-12-13-29)21(19)15-26(22,27)16-23(20)30/h6,8-9,18,20,22-23,29-30H,3-5,7,10-17,27H2,1-2H3,(H,28,31)/t18-,20+,22+,23+,26+/m0/s1. The summed E-state index contributed by atoms with van der Waals surface area (Å²) in [6, 6.07) is 5.99. The van der Waals surface area contributed by atoms with Gasteiger partial charge in [-0.2, -0.15) is 0 Å². The topological polar surface area (TPSA) is 105 Å². The molecule has 0 bridgehead atoms. The number of hydrogen-bond donors (Lipinski definition) is 4. The second-order valence-electron chi connectivity index (χ2n) is 10.1. The van der Waals surface area contributed by atoms with Crippen molar-refractivity contribution in [3.05, 3.63) is 29.3 Å². The van der Waals surface area contributed by atoms with E-state index in [0.29, 0.717) is 24.5 Å². The van der Waals surface area contributed by atoms with Gasteiger partial charge in [-0.1, -0.05) is 58.1 Å². The summed E-state index contributed by atoms with van der Waals surface area (Å²) in [6.07, 6.45) is 9.10. The molecule has 5 N–H and O–H groups in total. The lowest BCUT2D eigenvalue weighted by Crippen LogP contribution is -2.50. The number of carbonyl (C=O) groups excluding carboxylic acids is 1. The van der Waals surface area contributed by atoms with Crippen LogP contribution in [0.15, 0.2) is 18.2 Å². The van der Waals surface area contributed by atoms with E-state index in [1.807, 2.05) is 12.1 Å². The average Bonchev–Trinajstić information content (AvgIpc) is 3.01. The quantitative estimate of drug-likeness (QED) is 0.370. The average molecular weight is 447 g/mol. The van der Waals surface area contributed by atoms with Crippen molar-refractivity contribution in [2.24, 2.45) is 23.5 Å². The lowest BCUT2D eigenvalue weighted by atomic mass is 9.69. The molecule has 2 aliphatic carbocycles. The van der Waals surface area contributed by atoms with Crippen LogP contribution in [-0.2, 0) is 17.6 Å². The number of aliphatic hydroxyl groups excluding tert-OH is 2. The predicted octanol–water partition coefficient (Wildman–Crippen LogP) is 2.96. The molecule has 6 nitrogen and oxygen atoms in total. The van der Waals surface area contributed by atoms with E-state index in [1.54, 1.807) is 0 Å². The van der Waals surface area contributed by atoms with Crippen LogP contribution in [0.1, 0.15) is 69.9 Å². The van der Waals surface area contributed by atoms with Crippen molar-refractivity contribution in [1.82, 2.24) is 5.32 Å². The first-order chi connectivity index (χ1) is 15.4. The van der Waals surface area contributed by atoms with E-state index in [0.717, 1.165) is 24.8 Å². The van der Waals surface area contributed by atoms with Gasteiger partial charge in [-0.05, 0) is 60.6 Å². The van der Waals surface area contributed by atoms with Crippen LogP contribution >= 0.6 is 0 Å². The Morgan fingerprint density at radius 2 is 2.16 bits per heavy atom. The number of rotatable bonds is 12. The maximum absolute atomic E-state index is 11.9. The molecule has 1 fully saturated rings. The molecule has 0 aliphatic heterocycles. The lowest BCUT2D eigenvalue weighted by molar-refractivity contribution is -0.123. The summed E-state index contributed by atoms with van der Waals surface area (Å²) in [5.74, 6) is 1.66. The summed E-state index contributed by atoms with van der Waals surface area (Å²) in [7, 11) is 0. The first-order valence-corrected chi connectivity index (χ1v) is 12.5. The van der Waals surface area contributed by atoms with Crippen molar-refractivity contribution in [2.75, 3.05) is 19.8 Å². The number of benzene rings is 1. The van der Waals surface area contributed by atoms with Crippen LogP contribution in [0.3, 0.4) is 0 Å². The van der Waals surface area contributed by atoms with Gasteiger partial charge in [-0.25, -0.2) is 0 Å². The number of fused-ring (bicyclic) bond motifs is 2. The molecule has 0 spiro atoms. The van der Waals surface area contributed by atoms with Gasteiger partial charge in [0.05, 0.1) is 12.7 Å². The van der Waals surface area contributed by atoms with E-state index >= 15 is 0 Å². The van der Waals surface area contributed by atoms with Gasteiger partial charge < -0.3 is 26.0 Å². The second kappa shape index (κ2) is 11.5. The Morgan fingerprint density at radius 1 is 1.34 bits per heavy atom. The molecule has 1 aromatic carbocycles. The normalized spacial score (nSPS) is 27.5. The van der Waals surface area contributed by atoms with E-state index in [9.17, 15) is 9.90 Å². The Labute approximate surface area is 192 Å². The molecule has 0 aromatic heterocycles. The predicted molar refractivity (Wildman–Crippen MR) is 127 cm³/mol. The molecular weight excluding hydrogens is 404 g/mol.